The molecule has 4 heterocycles. The van der Waals surface area contributed by atoms with Gasteiger partial charge in [-0.1, -0.05) is 6.07 Å². The molecule has 0 aliphatic carbocycles. The van der Waals surface area contributed by atoms with Gasteiger partial charge >= 0.3 is 0 Å². The third kappa shape index (κ3) is 16.2. The largest absolute Gasteiger partial charge is 0.381 e. The number of likely N-dealkylation sites (tertiary alicyclic amines) is 1. The van der Waals surface area contributed by atoms with Crippen LogP contribution in [0.1, 0.15) is 60.0 Å². The lowest BCUT2D eigenvalue weighted by Crippen LogP contribution is -2.49. The molecule has 3 saturated heterocycles. The number of aromatic amines is 1. The molecule has 8 rings (SSSR count). The zero-order valence-electron chi connectivity index (χ0n) is 44.7. The van der Waals surface area contributed by atoms with E-state index in [1.807, 2.05) is 70.5 Å². The number of amides is 4. The molecular formula is C57H73F2N11O8. The molecule has 5 N–H and O–H groups in total. The zero-order chi connectivity index (χ0) is 54.8. The summed E-state index contributed by atoms with van der Waals surface area (Å²) in [6.07, 6.45) is 3.74. The number of piperidine rings is 1. The molecule has 1 atom stereocenters. The number of likely N-dealkylation sites (N-methyl/N-ethyl adjacent to an activating group) is 2. The number of benzene rings is 4. The van der Waals surface area contributed by atoms with Crippen molar-refractivity contribution in [1.29, 1.82) is 0 Å². The Bertz CT molecular complexity index is 2770. The molecule has 1 unspecified atom stereocenters. The molecule has 3 fully saturated rings. The summed E-state index contributed by atoms with van der Waals surface area (Å²) in [5.74, 6) is -1.38. The molecule has 4 aromatic carbocycles. The third-order valence-corrected chi connectivity index (χ3v) is 14.5. The molecule has 0 spiro atoms. The van der Waals surface area contributed by atoms with Crippen LogP contribution < -0.4 is 31.1 Å². The van der Waals surface area contributed by atoms with Gasteiger partial charge in [0.05, 0.1) is 63.6 Å². The Labute approximate surface area is 454 Å². The van der Waals surface area contributed by atoms with Gasteiger partial charge in [0.1, 0.15) is 24.0 Å². The van der Waals surface area contributed by atoms with Crippen molar-refractivity contribution < 1.29 is 47.0 Å². The van der Waals surface area contributed by atoms with E-state index in [0.717, 1.165) is 61.2 Å². The molecule has 3 aliphatic heterocycles. The first-order valence-corrected chi connectivity index (χ1v) is 27.1. The summed E-state index contributed by atoms with van der Waals surface area (Å²) in [5.41, 5.74) is 5.99. The Kier molecular flexibility index (Phi) is 20.8. The van der Waals surface area contributed by atoms with Crippen molar-refractivity contribution in [3.8, 4) is 0 Å². The first-order valence-electron chi connectivity index (χ1n) is 27.1. The standard InChI is InChI=1S/C57H73F2N11O8/c1-60-57(75)51(4-3-27-71)61-44-6-8-46(9-7-44)67-23-25-70(26-24-67)54(73)16-29-77-31-33-78-32-30-76-28-15-53(72)69-17-13-45(14-18-69)62-52-39-47(68-21-19-66(2)20-22-68)10-11-48(52)56(74)63-55-49-37-40(5-12-50(49)64-65-55)34-41-35-42(58)38-43(59)36-41/h5-12,27,35-39,45,51,61-62H,3-4,13-26,28-34H2,1-2H3,(H,60,75)(H2,63,64,65,74). The summed E-state index contributed by atoms with van der Waals surface area (Å²) in [7, 11) is 3.68. The minimum atomic E-state index is -0.640. The van der Waals surface area contributed by atoms with Gasteiger partial charge in [0.2, 0.25) is 17.7 Å². The maximum absolute atomic E-state index is 14.1. The molecule has 1 aromatic heterocycles. The summed E-state index contributed by atoms with van der Waals surface area (Å²) in [6, 6.07) is 22.2. The van der Waals surface area contributed by atoms with E-state index in [4.69, 9.17) is 14.2 Å². The second kappa shape index (κ2) is 28.4. The van der Waals surface area contributed by atoms with E-state index >= 15 is 0 Å². The van der Waals surface area contributed by atoms with Gasteiger partial charge in [-0.25, -0.2) is 8.78 Å². The Morgan fingerprint density at radius 1 is 0.705 bits per heavy atom. The zero-order valence-corrected chi connectivity index (χ0v) is 44.7. The second-order valence-corrected chi connectivity index (χ2v) is 20.0. The summed E-state index contributed by atoms with van der Waals surface area (Å²) < 4.78 is 44.9. The molecular weight excluding hydrogens is 1000 g/mol. The minimum absolute atomic E-state index is 0.0185. The van der Waals surface area contributed by atoms with Gasteiger partial charge in [0, 0.05) is 119 Å². The number of piperazine rings is 2. The van der Waals surface area contributed by atoms with Crippen LogP contribution in [0.5, 0.6) is 0 Å². The van der Waals surface area contributed by atoms with E-state index in [-0.39, 0.29) is 49.1 Å². The molecule has 4 amide bonds. The minimum Gasteiger partial charge on any atom is -0.381 e. The monoisotopic (exact) mass is 1080 g/mol. The lowest BCUT2D eigenvalue weighted by Gasteiger charge is -2.36. The number of carbonyl (C=O) groups is 5. The molecule has 418 valence electrons. The Hall–Kier alpha value is -7.20. The van der Waals surface area contributed by atoms with Crippen molar-refractivity contribution in [2.75, 3.05) is 145 Å². The predicted molar refractivity (Wildman–Crippen MR) is 296 cm³/mol. The van der Waals surface area contributed by atoms with Crippen LogP contribution in [-0.2, 0) is 39.8 Å². The fourth-order valence-corrected chi connectivity index (χ4v) is 10.0. The van der Waals surface area contributed by atoms with Crippen LogP contribution in [0.25, 0.3) is 10.9 Å². The fourth-order valence-electron chi connectivity index (χ4n) is 10.0. The van der Waals surface area contributed by atoms with Crippen LogP contribution in [0.15, 0.2) is 78.9 Å². The van der Waals surface area contributed by atoms with E-state index in [2.05, 4.69) is 53.2 Å². The molecule has 5 aromatic rings. The number of ether oxygens (including phenoxy) is 3. The Morgan fingerprint density at radius 2 is 1.31 bits per heavy atom. The lowest BCUT2D eigenvalue weighted by molar-refractivity contribution is -0.133. The summed E-state index contributed by atoms with van der Waals surface area (Å²) >= 11 is 0. The van der Waals surface area contributed by atoms with Gasteiger partial charge in [0.15, 0.2) is 5.82 Å². The number of rotatable bonds is 26. The molecule has 19 nitrogen and oxygen atoms in total. The van der Waals surface area contributed by atoms with Crippen LogP contribution in [0.3, 0.4) is 0 Å². The van der Waals surface area contributed by atoms with Crippen LogP contribution in [0.2, 0.25) is 0 Å². The highest BCUT2D eigenvalue weighted by atomic mass is 19.1. The van der Waals surface area contributed by atoms with Crippen molar-refractivity contribution in [1.82, 2.24) is 30.2 Å². The first-order chi connectivity index (χ1) is 37.9. The Balaban J connectivity index is 0.704. The number of H-pyrrole nitrogens is 1. The molecule has 21 heteroatoms. The van der Waals surface area contributed by atoms with E-state index in [1.165, 1.54) is 12.1 Å². The SMILES string of the molecule is CNC(=O)C(CCC=O)Nc1ccc(N2CCN(C(=O)CCOCCOCCOCCC(=O)N3CCC(Nc4cc(N5CCN(C)CC5)ccc4C(=O)Nc4n[nH]c5ccc(Cc6cc(F)cc(F)c6)cc45)CC3)CC2)cc1. The van der Waals surface area contributed by atoms with Gasteiger partial charge in [-0.05, 0) is 111 Å². The lowest BCUT2D eigenvalue weighted by atomic mass is 10.0. The van der Waals surface area contributed by atoms with Crippen LogP contribution in [0, 0.1) is 11.6 Å². The summed E-state index contributed by atoms with van der Waals surface area (Å²) in [6.45, 7) is 9.31. The van der Waals surface area contributed by atoms with Crippen molar-refractivity contribution >= 4 is 69.4 Å². The molecule has 3 aliphatic rings. The Morgan fingerprint density at radius 3 is 1.95 bits per heavy atom. The van der Waals surface area contributed by atoms with Crippen LogP contribution in [0.4, 0.5) is 37.3 Å². The van der Waals surface area contributed by atoms with Crippen molar-refractivity contribution in [2.24, 2.45) is 0 Å². The number of hydrogen-bond donors (Lipinski definition) is 5. The van der Waals surface area contributed by atoms with E-state index < -0.39 is 17.7 Å². The number of anilines is 5. The van der Waals surface area contributed by atoms with Gasteiger partial charge in [-0.15, -0.1) is 0 Å². The smallest absolute Gasteiger partial charge is 0.258 e. The van der Waals surface area contributed by atoms with Crippen molar-refractivity contribution in [2.45, 2.75) is 57.0 Å². The molecule has 0 radical (unpaired) electrons. The second-order valence-electron chi connectivity index (χ2n) is 20.0. The average molecular weight is 1080 g/mol. The average Bonchev–Trinajstić information content (AvgIpc) is 3.94. The number of aromatic nitrogens is 2. The predicted octanol–water partition coefficient (Wildman–Crippen LogP) is 5.52. The number of hydrogen-bond acceptors (Lipinski definition) is 14. The summed E-state index contributed by atoms with van der Waals surface area (Å²) in [5, 5.41) is 20.5. The summed E-state index contributed by atoms with van der Waals surface area (Å²) in [4.78, 5) is 73.8. The number of fused-ring (bicyclic) bond motifs is 1. The van der Waals surface area contributed by atoms with E-state index in [0.29, 0.717) is 138 Å². The van der Waals surface area contributed by atoms with Crippen LogP contribution >= 0.6 is 0 Å². The van der Waals surface area contributed by atoms with Gasteiger partial charge in [0.25, 0.3) is 5.91 Å². The van der Waals surface area contributed by atoms with Crippen molar-refractivity contribution in [3.05, 3.63) is 107 Å². The fraction of sp³-hybridized carbons (Fsp3) is 0.474. The normalized spacial score (nSPS) is 15.8. The van der Waals surface area contributed by atoms with Gasteiger partial charge in [-0.2, -0.15) is 5.10 Å². The van der Waals surface area contributed by atoms with Crippen LogP contribution in [-0.4, -0.2) is 186 Å². The number of nitrogens with one attached hydrogen (secondary N) is 5. The highest BCUT2D eigenvalue weighted by Gasteiger charge is 2.27. The first kappa shape index (κ1) is 57.0. The van der Waals surface area contributed by atoms with Gasteiger partial charge in [-0.3, -0.25) is 24.3 Å². The van der Waals surface area contributed by atoms with Crippen molar-refractivity contribution in [3.63, 3.8) is 0 Å². The highest BCUT2D eigenvalue weighted by Crippen LogP contribution is 2.30. The number of nitrogens with zero attached hydrogens (tertiary/aromatic N) is 6. The van der Waals surface area contributed by atoms with Gasteiger partial charge < -0.3 is 64.8 Å². The molecule has 0 saturated carbocycles. The van der Waals surface area contributed by atoms with E-state index in [1.54, 1.807) is 7.05 Å². The third-order valence-electron chi connectivity index (χ3n) is 14.5. The number of aldehydes is 1. The maximum atomic E-state index is 14.1. The number of halogens is 2. The van der Waals surface area contributed by atoms with E-state index in [9.17, 15) is 32.8 Å². The topological polar surface area (TPSA) is 206 Å². The molecule has 78 heavy (non-hydrogen) atoms. The number of carbonyl (C=O) groups excluding carboxylic acids is 5. The highest BCUT2D eigenvalue weighted by molar-refractivity contribution is 6.11. The molecule has 0 bridgehead atoms. The maximum Gasteiger partial charge on any atom is 0.258 e. The quantitative estimate of drug-likeness (QED) is 0.0342.